The van der Waals surface area contributed by atoms with E-state index in [1.807, 2.05) is 36.1 Å². The van der Waals surface area contributed by atoms with Crippen molar-refractivity contribution in [2.75, 3.05) is 18.8 Å². The van der Waals surface area contributed by atoms with Crippen LogP contribution in [-0.4, -0.2) is 34.9 Å². The Morgan fingerprint density at radius 1 is 1.43 bits per heavy atom. The monoisotopic (exact) mass is 331 g/mol. The first-order valence-electron chi connectivity index (χ1n) is 7.89. The number of nitrogens with one attached hydrogen (secondary N) is 1. The number of hydrogen-bond donors (Lipinski definition) is 1. The normalized spacial score (nSPS) is 17.4. The number of aryl methyl sites for hydroxylation is 1. The number of hydrogen-bond acceptors (Lipinski definition) is 4. The van der Waals surface area contributed by atoms with Gasteiger partial charge in [-0.2, -0.15) is 0 Å². The summed E-state index contributed by atoms with van der Waals surface area (Å²) in [6.45, 7) is 3.30. The smallest absolute Gasteiger partial charge is 0.317 e. The molecule has 5 nitrogen and oxygen atoms in total. The average molecular weight is 331 g/mol. The number of benzene rings is 1. The van der Waals surface area contributed by atoms with Gasteiger partial charge >= 0.3 is 6.03 Å². The van der Waals surface area contributed by atoms with Crippen molar-refractivity contribution in [1.29, 1.82) is 0 Å². The molecule has 2 heterocycles. The van der Waals surface area contributed by atoms with Crippen molar-refractivity contribution in [3.05, 3.63) is 47.9 Å². The van der Waals surface area contributed by atoms with Crippen molar-refractivity contribution in [3.63, 3.8) is 0 Å². The third kappa shape index (κ3) is 4.07. The minimum atomic E-state index is -0.0122. The topological polar surface area (TPSA) is 58.4 Å². The van der Waals surface area contributed by atoms with E-state index in [1.165, 1.54) is 4.90 Å². The van der Waals surface area contributed by atoms with E-state index in [9.17, 15) is 4.79 Å². The number of nitrogens with zero attached hydrogens (tertiary/aromatic N) is 2. The molecule has 1 aliphatic heterocycles. The lowest BCUT2D eigenvalue weighted by Crippen LogP contribution is -2.40. The van der Waals surface area contributed by atoms with E-state index in [0.717, 1.165) is 36.6 Å². The molecular formula is C17H21N3O2S. The highest BCUT2D eigenvalue weighted by Crippen LogP contribution is 2.31. The fourth-order valence-electron chi connectivity index (χ4n) is 2.81. The Morgan fingerprint density at radius 2 is 2.26 bits per heavy atom. The molecule has 0 spiro atoms. The fourth-order valence-corrected chi connectivity index (χ4v) is 3.59. The van der Waals surface area contributed by atoms with Gasteiger partial charge in [0.15, 0.2) is 0 Å². The molecule has 0 bridgehead atoms. The van der Waals surface area contributed by atoms with Crippen LogP contribution >= 0.6 is 11.8 Å². The van der Waals surface area contributed by atoms with E-state index in [4.69, 9.17) is 4.52 Å². The Hall–Kier alpha value is -1.95. The van der Waals surface area contributed by atoms with Crippen LogP contribution in [0.3, 0.4) is 0 Å². The van der Waals surface area contributed by atoms with Crippen molar-refractivity contribution in [1.82, 2.24) is 15.4 Å². The lowest BCUT2D eigenvalue weighted by atomic mass is 10.1. The predicted octanol–water partition coefficient (Wildman–Crippen LogP) is 3.62. The van der Waals surface area contributed by atoms with Crippen molar-refractivity contribution < 1.29 is 9.32 Å². The number of urea groups is 1. The highest BCUT2D eigenvalue weighted by Gasteiger charge is 2.31. The molecule has 1 N–H and O–H groups in total. The van der Waals surface area contributed by atoms with Gasteiger partial charge in [-0.05, 0) is 31.9 Å². The van der Waals surface area contributed by atoms with Gasteiger partial charge in [0.05, 0.1) is 6.04 Å². The van der Waals surface area contributed by atoms with Crippen molar-refractivity contribution >= 4 is 17.8 Å². The van der Waals surface area contributed by atoms with Gasteiger partial charge in [-0.25, -0.2) is 4.79 Å². The van der Waals surface area contributed by atoms with Gasteiger partial charge in [0, 0.05) is 29.8 Å². The summed E-state index contributed by atoms with van der Waals surface area (Å²) >= 11 is 1.74. The molecular weight excluding hydrogens is 310 g/mol. The second-order valence-corrected chi connectivity index (χ2v) is 6.78. The molecule has 1 fully saturated rings. The molecule has 0 saturated carbocycles. The predicted molar refractivity (Wildman–Crippen MR) is 90.5 cm³/mol. The van der Waals surface area contributed by atoms with Crippen LogP contribution in [0.5, 0.6) is 0 Å². The molecule has 1 aromatic carbocycles. The lowest BCUT2D eigenvalue weighted by Gasteiger charge is -2.23. The molecule has 122 valence electrons. The van der Waals surface area contributed by atoms with Crippen LogP contribution in [0, 0.1) is 6.92 Å². The number of likely N-dealkylation sites (tertiary alicyclic amines) is 1. The van der Waals surface area contributed by atoms with E-state index in [1.54, 1.807) is 11.8 Å². The van der Waals surface area contributed by atoms with E-state index >= 15 is 0 Å². The van der Waals surface area contributed by atoms with Gasteiger partial charge in [-0.3, -0.25) is 0 Å². The first-order valence-corrected chi connectivity index (χ1v) is 8.88. The number of carbonyl (C=O) groups is 1. The second-order valence-electron chi connectivity index (χ2n) is 5.61. The SMILES string of the molecule is Cc1cc([C@H]2CCCN2C(=O)NCCSc2ccccc2)no1. The number of aromatic nitrogens is 1. The maximum Gasteiger partial charge on any atom is 0.317 e. The third-order valence-corrected chi connectivity index (χ3v) is 4.91. The summed E-state index contributed by atoms with van der Waals surface area (Å²) in [4.78, 5) is 15.5. The highest BCUT2D eigenvalue weighted by atomic mass is 32.2. The van der Waals surface area contributed by atoms with Crippen LogP contribution in [-0.2, 0) is 0 Å². The van der Waals surface area contributed by atoms with Gasteiger partial charge in [0.25, 0.3) is 0 Å². The molecule has 0 radical (unpaired) electrons. The van der Waals surface area contributed by atoms with E-state index in [-0.39, 0.29) is 12.1 Å². The van der Waals surface area contributed by atoms with Crippen LogP contribution in [0.4, 0.5) is 4.79 Å². The number of thioether (sulfide) groups is 1. The minimum absolute atomic E-state index is 0.0122. The summed E-state index contributed by atoms with van der Waals surface area (Å²) in [5, 5.41) is 7.07. The van der Waals surface area contributed by atoms with Crippen LogP contribution in [0.25, 0.3) is 0 Å². The Balaban J connectivity index is 1.47. The number of amides is 2. The molecule has 2 amide bonds. The summed E-state index contributed by atoms with van der Waals surface area (Å²) in [5.41, 5.74) is 0.855. The van der Waals surface area contributed by atoms with Crippen molar-refractivity contribution in [2.24, 2.45) is 0 Å². The number of rotatable bonds is 5. The van der Waals surface area contributed by atoms with Crippen molar-refractivity contribution in [2.45, 2.75) is 30.7 Å². The molecule has 1 aliphatic rings. The second kappa shape index (κ2) is 7.55. The Bertz CT molecular complexity index is 644. The van der Waals surface area contributed by atoms with Crippen LogP contribution in [0.1, 0.15) is 30.3 Å². The molecule has 1 saturated heterocycles. The minimum Gasteiger partial charge on any atom is -0.361 e. The largest absolute Gasteiger partial charge is 0.361 e. The average Bonchev–Trinajstić information content (AvgIpc) is 3.21. The zero-order chi connectivity index (χ0) is 16.1. The third-order valence-electron chi connectivity index (χ3n) is 3.89. The Labute approximate surface area is 140 Å². The maximum atomic E-state index is 12.4. The molecule has 6 heteroatoms. The Kier molecular flexibility index (Phi) is 5.23. The first-order chi connectivity index (χ1) is 11.2. The zero-order valence-electron chi connectivity index (χ0n) is 13.2. The summed E-state index contributed by atoms with van der Waals surface area (Å²) in [7, 11) is 0. The number of carbonyl (C=O) groups excluding carboxylic acids is 1. The van der Waals surface area contributed by atoms with Crippen LogP contribution in [0.2, 0.25) is 0 Å². The standard InChI is InChI=1S/C17H21N3O2S/c1-13-12-15(19-22-13)16-8-5-10-20(16)17(21)18-9-11-23-14-6-3-2-4-7-14/h2-4,6-7,12,16H,5,8-11H2,1H3,(H,18,21)/t16-/m1/s1. The molecule has 0 aliphatic carbocycles. The van der Waals surface area contributed by atoms with Crippen LogP contribution < -0.4 is 5.32 Å². The summed E-state index contributed by atoms with van der Waals surface area (Å²) < 4.78 is 5.14. The van der Waals surface area contributed by atoms with Gasteiger partial charge in [0.2, 0.25) is 0 Å². The highest BCUT2D eigenvalue weighted by molar-refractivity contribution is 7.99. The van der Waals surface area contributed by atoms with Gasteiger partial charge in [-0.1, -0.05) is 23.4 Å². The van der Waals surface area contributed by atoms with Gasteiger partial charge in [0.1, 0.15) is 11.5 Å². The molecule has 1 aromatic heterocycles. The molecule has 1 atom stereocenters. The molecule has 0 unspecified atom stereocenters. The van der Waals surface area contributed by atoms with Crippen LogP contribution in [0.15, 0.2) is 45.8 Å². The first kappa shape index (κ1) is 15.9. The Morgan fingerprint density at radius 3 is 3.00 bits per heavy atom. The molecule has 3 rings (SSSR count). The summed E-state index contributed by atoms with van der Waals surface area (Å²) in [6.07, 6.45) is 1.95. The molecule has 23 heavy (non-hydrogen) atoms. The van der Waals surface area contributed by atoms with E-state index < -0.39 is 0 Å². The van der Waals surface area contributed by atoms with E-state index in [2.05, 4.69) is 22.6 Å². The molecule has 2 aromatic rings. The quantitative estimate of drug-likeness (QED) is 0.671. The van der Waals surface area contributed by atoms with Crippen molar-refractivity contribution in [3.8, 4) is 0 Å². The lowest BCUT2D eigenvalue weighted by molar-refractivity contribution is 0.191. The summed E-state index contributed by atoms with van der Waals surface area (Å²) in [6, 6.07) is 12.2. The van der Waals surface area contributed by atoms with Gasteiger partial charge in [-0.15, -0.1) is 11.8 Å². The zero-order valence-corrected chi connectivity index (χ0v) is 14.0. The maximum absolute atomic E-state index is 12.4. The fraction of sp³-hybridized carbons (Fsp3) is 0.412. The van der Waals surface area contributed by atoms with E-state index in [0.29, 0.717) is 6.54 Å². The summed E-state index contributed by atoms with van der Waals surface area (Å²) in [5.74, 6) is 1.64. The van der Waals surface area contributed by atoms with Gasteiger partial charge < -0.3 is 14.7 Å².